The number of hydrogen-bond donors (Lipinski definition) is 2. The second-order valence-corrected chi connectivity index (χ2v) is 6.93. The van der Waals surface area contributed by atoms with Crippen LogP contribution in [-0.4, -0.2) is 49.2 Å². The van der Waals surface area contributed by atoms with Gasteiger partial charge in [0.05, 0.1) is 14.2 Å². The first-order chi connectivity index (χ1) is 14.0. The molecule has 1 amide bonds. The number of ether oxygens (including phenoxy) is 2. The first-order valence-electron chi connectivity index (χ1n) is 9.52. The molecule has 1 aliphatic rings. The Kier molecular flexibility index (Phi) is 6.54. The summed E-state index contributed by atoms with van der Waals surface area (Å²) in [5, 5.41) is 3.03. The highest BCUT2D eigenvalue weighted by molar-refractivity contribution is 5.92. The maximum atomic E-state index is 12.3. The number of nitrogens with one attached hydrogen (secondary N) is 2. The number of nitrogens with zero attached hydrogens (tertiary/aromatic N) is 2. The number of aromatic nitrogens is 2. The lowest BCUT2D eigenvalue weighted by Gasteiger charge is -2.32. The van der Waals surface area contributed by atoms with E-state index in [1.54, 1.807) is 33.3 Å². The van der Waals surface area contributed by atoms with Gasteiger partial charge in [-0.2, -0.15) is 0 Å². The standard InChI is InChI=1S/C21H26N4O4/c1-14-12-20(27)24-21(22-14)25-10-8-16(9-11-25)23-19(26)7-5-15-4-6-17(28-2)18(13-15)29-3/h4-7,12-13,16H,8-11H2,1-3H3,(H,23,26)(H,22,24,27)/b7-5-. The number of aromatic amines is 1. The predicted octanol–water partition coefficient (Wildman–Crippen LogP) is 1.89. The zero-order chi connectivity index (χ0) is 20.8. The fraction of sp³-hybridized carbons (Fsp3) is 0.381. The lowest BCUT2D eigenvalue weighted by Crippen LogP contribution is -2.45. The Labute approximate surface area is 169 Å². The lowest BCUT2D eigenvalue weighted by atomic mass is 10.1. The number of amides is 1. The first-order valence-corrected chi connectivity index (χ1v) is 9.52. The van der Waals surface area contributed by atoms with Gasteiger partial charge in [-0.1, -0.05) is 6.07 Å². The summed E-state index contributed by atoms with van der Waals surface area (Å²) in [6, 6.07) is 7.04. The Morgan fingerprint density at radius 1 is 1.21 bits per heavy atom. The summed E-state index contributed by atoms with van der Waals surface area (Å²) in [7, 11) is 3.16. The largest absolute Gasteiger partial charge is 0.493 e. The van der Waals surface area contributed by atoms with E-state index in [0.717, 1.165) is 31.5 Å². The Morgan fingerprint density at radius 2 is 1.93 bits per heavy atom. The van der Waals surface area contributed by atoms with Crippen molar-refractivity contribution in [3.63, 3.8) is 0 Å². The van der Waals surface area contributed by atoms with Gasteiger partial charge in [-0.25, -0.2) is 4.98 Å². The van der Waals surface area contributed by atoms with Gasteiger partial charge in [-0.15, -0.1) is 0 Å². The van der Waals surface area contributed by atoms with Crippen LogP contribution in [0.25, 0.3) is 6.08 Å². The number of anilines is 1. The van der Waals surface area contributed by atoms with Crippen LogP contribution in [0, 0.1) is 6.92 Å². The van der Waals surface area contributed by atoms with Crippen LogP contribution < -0.4 is 25.2 Å². The summed E-state index contributed by atoms with van der Waals surface area (Å²) in [6.07, 6.45) is 4.84. The van der Waals surface area contributed by atoms with Crippen LogP contribution in [0.5, 0.6) is 11.5 Å². The Morgan fingerprint density at radius 3 is 2.59 bits per heavy atom. The Bertz CT molecular complexity index is 946. The molecule has 0 radical (unpaired) electrons. The van der Waals surface area contributed by atoms with Crippen LogP contribution in [0.4, 0.5) is 5.95 Å². The van der Waals surface area contributed by atoms with Crippen molar-refractivity contribution in [1.82, 2.24) is 15.3 Å². The normalized spacial score (nSPS) is 14.8. The molecule has 154 valence electrons. The third-order valence-corrected chi connectivity index (χ3v) is 4.83. The highest BCUT2D eigenvalue weighted by Gasteiger charge is 2.21. The van der Waals surface area contributed by atoms with E-state index in [2.05, 4.69) is 15.3 Å². The summed E-state index contributed by atoms with van der Waals surface area (Å²) in [4.78, 5) is 33.1. The van der Waals surface area contributed by atoms with E-state index < -0.39 is 0 Å². The lowest BCUT2D eigenvalue weighted by molar-refractivity contribution is -0.117. The first kappa shape index (κ1) is 20.4. The Balaban J connectivity index is 1.53. The molecule has 1 fully saturated rings. The van der Waals surface area contributed by atoms with Crippen LogP contribution >= 0.6 is 0 Å². The van der Waals surface area contributed by atoms with Crippen molar-refractivity contribution in [2.45, 2.75) is 25.8 Å². The number of hydrogen-bond acceptors (Lipinski definition) is 6. The van der Waals surface area contributed by atoms with Crippen LogP contribution in [0.2, 0.25) is 0 Å². The number of rotatable bonds is 6. The highest BCUT2D eigenvalue weighted by atomic mass is 16.5. The molecule has 0 atom stereocenters. The van der Waals surface area contributed by atoms with Gasteiger partial charge in [-0.3, -0.25) is 14.6 Å². The maximum absolute atomic E-state index is 12.3. The molecule has 1 aliphatic heterocycles. The average Bonchev–Trinajstić information content (AvgIpc) is 2.71. The smallest absolute Gasteiger partial charge is 0.252 e. The van der Waals surface area contributed by atoms with E-state index in [0.29, 0.717) is 23.1 Å². The van der Waals surface area contributed by atoms with E-state index in [4.69, 9.17) is 9.47 Å². The molecule has 2 aromatic rings. The molecular formula is C21H26N4O4. The second kappa shape index (κ2) is 9.27. The molecule has 0 saturated carbocycles. The summed E-state index contributed by atoms with van der Waals surface area (Å²) < 4.78 is 10.5. The Hall–Kier alpha value is -3.29. The van der Waals surface area contributed by atoms with Gasteiger partial charge in [0, 0.05) is 37.0 Å². The summed E-state index contributed by atoms with van der Waals surface area (Å²) in [6.45, 7) is 3.24. The number of carbonyl (C=O) groups is 1. The predicted molar refractivity (Wildman–Crippen MR) is 112 cm³/mol. The molecule has 1 saturated heterocycles. The van der Waals surface area contributed by atoms with Gasteiger partial charge in [0.1, 0.15) is 0 Å². The molecule has 8 nitrogen and oxygen atoms in total. The molecule has 29 heavy (non-hydrogen) atoms. The van der Waals surface area contributed by atoms with Gasteiger partial charge in [0.25, 0.3) is 5.56 Å². The van der Waals surface area contributed by atoms with Crippen molar-refractivity contribution >= 4 is 17.9 Å². The molecule has 1 aromatic carbocycles. The number of carbonyl (C=O) groups excluding carboxylic acids is 1. The average molecular weight is 398 g/mol. The molecule has 2 N–H and O–H groups in total. The minimum atomic E-state index is -0.150. The van der Waals surface area contributed by atoms with Crippen molar-refractivity contribution < 1.29 is 14.3 Å². The van der Waals surface area contributed by atoms with Crippen molar-refractivity contribution in [1.29, 1.82) is 0 Å². The zero-order valence-electron chi connectivity index (χ0n) is 16.9. The van der Waals surface area contributed by atoms with E-state index in [-0.39, 0.29) is 17.5 Å². The van der Waals surface area contributed by atoms with Crippen molar-refractivity contribution in [2.24, 2.45) is 0 Å². The summed E-state index contributed by atoms with van der Waals surface area (Å²) >= 11 is 0. The fourth-order valence-corrected chi connectivity index (χ4v) is 3.33. The van der Waals surface area contributed by atoms with Crippen LogP contribution in [0.15, 0.2) is 35.1 Å². The highest BCUT2D eigenvalue weighted by Crippen LogP contribution is 2.28. The molecule has 0 spiro atoms. The number of piperidine rings is 1. The molecule has 0 unspecified atom stereocenters. The zero-order valence-corrected chi connectivity index (χ0v) is 16.9. The minimum absolute atomic E-state index is 0.0883. The topological polar surface area (TPSA) is 96.5 Å². The van der Waals surface area contributed by atoms with Gasteiger partial charge >= 0.3 is 0 Å². The monoisotopic (exact) mass is 398 g/mol. The third-order valence-electron chi connectivity index (χ3n) is 4.83. The van der Waals surface area contributed by atoms with Crippen molar-refractivity contribution in [2.75, 3.05) is 32.2 Å². The second-order valence-electron chi connectivity index (χ2n) is 6.93. The van der Waals surface area contributed by atoms with Gasteiger partial charge in [-0.05, 0) is 43.5 Å². The van der Waals surface area contributed by atoms with Gasteiger partial charge in [0.15, 0.2) is 11.5 Å². The van der Waals surface area contributed by atoms with E-state index in [1.165, 1.54) is 12.1 Å². The van der Waals surface area contributed by atoms with Gasteiger partial charge in [0.2, 0.25) is 11.9 Å². The van der Waals surface area contributed by atoms with Gasteiger partial charge < -0.3 is 19.7 Å². The summed E-state index contributed by atoms with van der Waals surface area (Å²) in [5.74, 6) is 1.71. The molecule has 0 bridgehead atoms. The van der Waals surface area contributed by atoms with Crippen molar-refractivity contribution in [3.8, 4) is 11.5 Å². The van der Waals surface area contributed by atoms with E-state index >= 15 is 0 Å². The third kappa shape index (κ3) is 5.37. The van der Waals surface area contributed by atoms with E-state index in [1.807, 2.05) is 17.0 Å². The molecular weight excluding hydrogens is 372 g/mol. The molecule has 0 aliphatic carbocycles. The maximum Gasteiger partial charge on any atom is 0.252 e. The minimum Gasteiger partial charge on any atom is -0.493 e. The van der Waals surface area contributed by atoms with Crippen molar-refractivity contribution in [3.05, 3.63) is 52.0 Å². The molecule has 8 heteroatoms. The molecule has 3 rings (SSSR count). The van der Waals surface area contributed by atoms with E-state index in [9.17, 15) is 9.59 Å². The number of benzene rings is 1. The fourth-order valence-electron chi connectivity index (χ4n) is 3.33. The van der Waals surface area contributed by atoms with Crippen LogP contribution in [0.3, 0.4) is 0 Å². The number of methoxy groups -OCH3 is 2. The number of aryl methyl sites for hydroxylation is 1. The quantitative estimate of drug-likeness (QED) is 0.722. The molecule has 1 aromatic heterocycles. The van der Waals surface area contributed by atoms with Crippen LogP contribution in [-0.2, 0) is 4.79 Å². The summed E-state index contributed by atoms with van der Waals surface area (Å²) in [5.41, 5.74) is 1.39. The van der Waals surface area contributed by atoms with Crippen LogP contribution in [0.1, 0.15) is 24.1 Å². The number of H-pyrrole nitrogens is 1. The SMILES string of the molecule is COc1ccc(/C=C\C(=O)NC2CCN(c3nc(C)cc(=O)[nH]3)CC2)cc1OC. The molecule has 2 heterocycles.